The summed E-state index contributed by atoms with van der Waals surface area (Å²) in [5, 5.41) is 0. The van der Waals surface area contributed by atoms with E-state index in [1.807, 2.05) is 43.9 Å². The highest BCUT2D eigenvalue weighted by atomic mass is 79.9. The first-order valence-corrected chi connectivity index (χ1v) is 8.23. The largest absolute Gasteiger partial charge is 0.309 e. The Morgan fingerprint density at radius 1 is 1.38 bits per heavy atom. The quantitative estimate of drug-likeness (QED) is 0.604. The third-order valence-corrected chi connectivity index (χ3v) is 4.19. The van der Waals surface area contributed by atoms with Crippen LogP contribution in [0.2, 0.25) is 0 Å². The van der Waals surface area contributed by atoms with Crippen LogP contribution in [0.3, 0.4) is 0 Å². The van der Waals surface area contributed by atoms with Gasteiger partial charge < -0.3 is 4.90 Å². The van der Waals surface area contributed by atoms with Crippen LogP contribution in [-0.4, -0.2) is 22.1 Å². The number of alkyl halides is 1. The van der Waals surface area contributed by atoms with E-state index in [1.165, 1.54) is 0 Å². The molecule has 114 valence electrons. The molecule has 1 atom stereocenters. The SMILES string of the molecule is CCCC(=O)N1c2ccc(C(=O)C(C)(C)Br)cc2CC1C. The van der Waals surface area contributed by atoms with Crippen LogP contribution in [0.25, 0.3) is 0 Å². The van der Waals surface area contributed by atoms with Gasteiger partial charge in [-0.25, -0.2) is 0 Å². The normalized spacial score (nSPS) is 17.8. The van der Waals surface area contributed by atoms with Gasteiger partial charge in [0.1, 0.15) is 0 Å². The molecule has 1 unspecified atom stereocenters. The molecule has 1 aliphatic heterocycles. The van der Waals surface area contributed by atoms with E-state index in [-0.39, 0.29) is 17.7 Å². The molecule has 3 nitrogen and oxygen atoms in total. The summed E-state index contributed by atoms with van der Waals surface area (Å²) in [4.78, 5) is 26.5. The van der Waals surface area contributed by atoms with Gasteiger partial charge >= 0.3 is 0 Å². The Bertz CT molecular complexity index is 575. The second kappa shape index (κ2) is 5.91. The lowest BCUT2D eigenvalue weighted by Gasteiger charge is -2.22. The fourth-order valence-corrected chi connectivity index (χ4v) is 3.06. The van der Waals surface area contributed by atoms with Gasteiger partial charge in [0.05, 0.1) is 4.32 Å². The average molecular weight is 352 g/mol. The number of benzene rings is 1. The summed E-state index contributed by atoms with van der Waals surface area (Å²) in [6.45, 7) is 7.77. The molecule has 0 fully saturated rings. The van der Waals surface area contributed by atoms with Crippen molar-refractivity contribution in [2.45, 2.75) is 57.3 Å². The molecule has 1 heterocycles. The molecule has 0 saturated carbocycles. The molecule has 0 spiro atoms. The Balaban J connectivity index is 2.34. The van der Waals surface area contributed by atoms with E-state index in [2.05, 4.69) is 22.9 Å². The fourth-order valence-electron chi connectivity index (χ4n) is 2.83. The number of rotatable bonds is 4. The van der Waals surface area contributed by atoms with E-state index < -0.39 is 4.32 Å². The van der Waals surface area contributed by atoms with Crippen LogP contribution in [0.15, 0.2) is 18.2 Å². The number of hydrogen-bond acceptors (Lipinski definition) is 2. The summed E-state index contributed by atoms with van der Waals surface area (Å²) in [5.74, 6) is 0.236. The maximum atomic E-state index is 12.3. The summed E-state index contributed by atoms with van der Waals surface area (Å²) >= 11 is 3.41. The zero-order valence-corrected chi connectivity index (χ0v) is 14.7. The highest BCUT2D eigenvalue weighted by Crippen LogP contribution is 2.34. The Hall–Kier alpha value is -1.16. The first-order chi connectivity index (χ1) is 9.75. The van der Waals surface area contributed by atoms with Crippen LogP contribution < -0.4 is 4.90 Å². The molecule has 1 aromatic carbocycles. The van der Waals surface area contributed by atoms with Gasteiger partial charge in [0.15, 0.2) is 5.78 Å². The first kappa shape index (κ1) is 16.2. The van der Waals surface area contributed by atoms with Gasteiger partial charge in [0.25, 0.3) is 0 Å². The lowest BCUT2D eigenvalue weighted by Crippen LogP contribution is -2.35. The highest BCUT2D eigenvalue weighted by Gasteiger charge is 2.32. The minimum atomic E-state index is -0.566. The number of fused-ring (bicyclic) bond motifs is 1. The number of carbonyl (C=O) groups is 2. The van der Waals surface area contributed by atoms with Crippen molar-refractivity contribution >= 4 is 33.3 Å². The lowest BCUT2D eigenvalue weighted by molar-refractivity contribution is -0.118. The molecule has 0 aromatic heterocycles. The highest BCUT2D eigenvalue weighted by molar-refractivity contribution is 9.10. The van der Waals surface area contributed by atoms with E-state index >= 15 is 0 Å². The topological polar surface area (TPSA) is 37.4 Å². The first-order valence-electron chi connectivity index (χ1n) is 7.44. The van der Waals surface area contributed by atoms with Crippen molar-refractivity contribution < 1.29 is 9.59 Å². The van der Waals surface area contributed by atoms with Crippen LogP contribution in [0, 0.1) is 0 Å². The van der Waals surface area contributed by atoms with Gasteiger partial charge in [-0.1, -0.05) is 22.9 Å². The maximum absolute atomic E-state index is 12.3. The molecule has 0 bridgehead atoms. The zero-order valence-electron chi connectivity index (χ0n) is 13.1. The fraction of sp³-hybridized carbons (Fsp3) is 0.529. The predicted octanol–water partition coefficient (Wildman–Crippen LogP) is 4.12. The van der Waals surface area contributed by atoms with Crippen molar-refractivity contribution in [1.29, 1.82) is 0 Å². The van der Waals surface area contributed by atoms with Crippen LogP contribution in [0.5, 0.6) is 0 Å². The van der Waals surface area contributed by atoms with E-state index in [9.17, 15) is 9.59 Å². The zero-order chi connectivity index (χ0) is 15.8. The molecule has 0 saturated heterocycles. The monoisotopic (exact) mass is 351 g/mol. The average Bonchev–Trinajstić information content (AvgIpc) is 2.71. The molecule has 21 heavy (non-hydrogen) atoms. The molecule has 4 heteroatoms. The maximum Gasteiger partial charge on any atom is 0.227 e. The van der Waals surface area contributed by atoms with Crippen molar-refractivity contribution in [2.75, 3.05) is 4.90 Å². The molecular weight excluding hydrogens is 330 g/mol. The molecule has 1 amide bonds. The van der Waals surface area contributed by atoms with Crippen LogP contribution in [-0.2, 0) is 11.2 Å². The van der Waals surface area contributed by atoms with Crippen molar-refractivity contribution in [3.05, 3.63) is 29.3 Å². The van der Waals surface area contributed by atoms with Gasteiger partial charge in [-0.3, -0.25) is 9.59 Å². The number of halogens is 1. The minimum Gasteiger partial charge on any atom is -0.309 e. The van der Waals surface area contributed by atoms with E-state index in [0.29, 0.717) is 12.0 Å². The van der Waals surface area contributed by atoms with Crippen LogP contribution >= 0.6 is 15.9 Å². The standard InChI is InChI=1S/C17H22BrNO2/c1-5-6-15(20)19-11(2)9-13-10-12(7-8-14(13)19)16(21)17(3,4)18/h7-8,10-11H,5-6,9H2,1-4H3. The van der Waals surface area contributed by atoms with Gasteiger partial charge in [-0.2, -0.15) is 0 Å². The van der Waals surface area contributed by atoms with Crippen molar-refractivity contribution in [2.24, 2.45) is 0 Å². The third-order valence-electron chi connectivity index (χ3n) is 3.83. The molecule has 0 radical (unpaired) electrons. The molecule has 2 rings (SSSR count). The Labute approximate surface area is 134 Å². The summed E-state index contributed by atoms with van der Waals surface area (Å²) in [6.07, 6.45) is 2.24. The van der Waals surface area contributed by atoms with Crippen molar-refractivity contribution in [3.63, 3.8) is 0 Å². The molecule has 0 aliphatic carbocycles. The lowest BCUT2D eigenvalue weighted by atomic mass is 9.98. The van der Waals surface area contributed by atoms with Crippen molar-refractivity contribution in [3.8, 4) is 0 Å². The second-order valence-electron chi connectivity index (χ2n) is 6.21. The number of Topliss-reactive ketones (excluding diaryl/α,β-unsaturated/α-hetero) is 1. The molecule has 1 aliphatic rings. The summed E-state index contributed by atoms with van der Waals surface area (Å²) in [7, 11) is 0. The van der Waals surface area contributed by atoms with Crippen molar-refractivity contribution in [1.82, 2.24) is 0 Å². The Morgan fingerprint density at radius 2 is 2.05 bits per heavy atom. The Morgan fingerprint density at radius 3 is 2.62 bits per heavy atom. The Kier molecular flexibility index (Phi) is 4.57. The van der Waals surface area contributed by atoms with Gasteiger partial charge in [0.2, 0.25) is 5.91 Å². The smallest absolute Gasteiger partial charge is 0.227 e. The predicted molar refractivity (Wildman–Crippen MR) is 89.3 cm³/mol. The van der Waals surface area contributed by atoms with Gasteiger partial charge in [-0.15, -0.1) is 0 Å². The number of anilines is 1. The number of carbonyl (C=O) groups excluding carboxylic acids is 2. The minimum absolute atomic E-state index is 0.0660. The van der Waals surface area contributed by atoms with Crippen LogP contribution in [0.1, 0.15) is 56.5 Å². The number of nitrogens with zero attached hydrogens (tertiary/aromatic N) is 1. The van der Waals surface area contributed by atoms with E-state index in [1.54, 1.807) is 0 Å². The van der Waals surface area contributed by atoms with Gasteiger partial charge in [0, 0.05) is 23.7 Å². The third kappa shape index (κ3) is 3.20. The number of ketones is 1. The van der Waals surface area contributed by atoms with Gasteiger partial charge in [-0.05, 0) is 57.4 Å². The molecule has 0 N–H and O–H groups in total. The number of amides is 1. The summed E-state index contributed by atoms with van der Waals surface area (Å²) in [5.41, 5.74) is 2.76. The summed E-state index contributed by atoms with van der Waals surface area (Å²) in [6, 6.07) is 5.85. The summed E-state index contributed by atoms with van der Waals surface area (Å²) < 4.78 is -0.566. The van der Waals surface area contributed by atoms with Crippen LogP contribution in [0.4, 0.5) is 5.69 Å². The number of hydrogen-bond donors (Lipinski definition) is 0. The molecule has 1 aromatic rings. The van der Waals surface area contributed by atoms with E-state index in [4.69, 9.17) is 0 Å². The van der Waals surface area contributed by atoms with E-state index in [0.717, 1.165) is 24.1 Å². The molecular formula is C17H22BrNO2. The second-order valence-corrected chi connectivity index (χ2v) is 8.19.